The number of hydrogen-bond donors (Lipinski definition) is 2. The molecule has 2 amide bonds. The molecule has 3 rings (SSSR count). The van der Waals surface area contributed by atoms with Crippen molar-refractivity contribution in [1.82, 2.24) is 4.98 Å². The summed E-state index contributed by atoms with van der Waals surface area (Å²) < 4.78 is 14.6. The van der Waals surface area contributed by atoms with E-state index >= 15 is 0 Å². The molecule has 130 valence electrons. The Morgan fingerprint density at radius 3 is 2.31 bits per heavy atom. The molecular formula is C19H13FIN3O2. The highest BCUT2D eigenvalue weighted by molar-refractivity contribution is 14.1. The largest absolute Gasteiger partial charge is 0.320 e. The van der Waals surface area contributed by atoms with Crippen molar-refractivity contribution in [2.45, 2.75) is 0 Å². The maximum atomic E-state index is 13.6. The molecule has 0 radical (unpaired) electrons. The van der Waals surface area contributed by atoms with E-state index < -0.39 is 17.6 Å². The molecule has 1 heterocycles. The average Bonchev–Trinajstić information content (AvgIpc) is 2.65. The fraction of sp³-hybridized carbons (Fsp3) is 0. The van der Waals surface area contributed by atoms with Gasteiger partial charge >= 0.3 is 0 Å². The van der Waals surface area contributed by atoms with Gasteiger partial charge in [0.05, 0.1) is 11.4 Å². The van der Waals surface area contributed by atoms with Crippen LogP contribution in [-0.2, 0) is 0 Å². The minimum absolute atomic E-state index is 0.165. The first kappa shape index (κ1) is 18.0. The normalized spacial score (nSPS) is 10.2. The smallest absolute Gasteiger partial charge is 0.274 e. The van der Waals surface area contributed by atoms with Crippen LogP contribution in [0.15, 0.2) is 66.9 Å². The van der Waals surface area contributed by atoms with Crippen molar-refractivity contribution >= 4 is 45.8 Å². The van der Waals surface area contributed by atoms with E-state index in [4.69, 9.17) is 0 Å². The van der Waals surface area contributed by atoms with Gasteiger partial charge in [0.1, 0.15) is 11.5 Å². The quantitative estimate of drug-likeness (QED) is 0.569. The number of carbonyl (C=O) groups is 2. The Morgan fingerprint density at radius 2 is 1.62 bits per heavy atom. The SMILES string of the molecule is O=C(Nc1cc(F)ccc1NC(=O)c1ccccn1)c1ccc(I)cc1. The number of amides is 2. The second kappa shape index (κ2) is 8.05. The lowest BCUT2D eigenvalue weighted by atomic mass is 10.2. The molecule has 0 bridgehead atoms. The summed E-state index contributed by atoms with van der Waals surface area (Å²) >= 11 is 2.14. The van der Waals surface area contributed by atoms with Crippen molar-refractivity contribution < 1.29 is 14.0 Å². The fourth-order valence-corrected chi connectivity index (χ4v) is 2.57. The number of nitrogens with zero attached hydrogens (tertiary/aromatic N) is 1. The van der Waals surface area contributed by atoms with Crippen LogP contribution in [0, 0.1) is 9.39 Å². The highest BCUT2D eigenvalue weighted by Gasteiger charge is 2.14. The molecule has 5 nitrogen and oxygen atoms in total. The third-order valence-corrected chi connectivity index (χ3v) is 4.20. The molecule has 0 saturated carbocycles. The van der Waals surface area contributed by atoms with Crippen LogP contribution in [0.5, 0.6) is 0 Å². The van der Waals surface area contributed by atoms with Gasteiger partial charge in [-0.1, -0.05) is 6.07 Å². The summed E-state index contributed by atoms with van der Waals surface area (Å²) in [4.78, 5) is 28.6. The minimum Gasteiger partial charge on any atom is -0.320 e. The minimum atomic E-state index is -0.529. The molecule has 7 heteroatoms. The van der Waals surface area contributed by atoms with E-state index in [9.17, 15) is 14.0 Å². The summed E-state index contributed by atoms with van der Waals surface area (Å²) in [5.74, 6) is -1.39. The predicted octanol–water partition coefficient (Wildman–Crippen LogP) is 4.33. The molecule has 26 heavy (non-hydrogen) atoms. The van der Waals surface area contributed by atoms with E-state index in [-0.39, 0.29) is 17.1 Å². The topological polar surface area (TPSA) is 71.1 Å². The van der Waals surface area contributed by atoms with Crippen LogP contribution in [-0.4, -0.2) is 16.8 Å². The number of hydrogen-bond acceptors (Lipinski definition) is 3. The van der Waals surface area contributed by atoms with Crippen LogP contribution < -0.4 is 10.6 Å². The number of rotatable bonds is 4. The van der Waals surface area contributed by atoms with Gasteiger partial charge < -0.3 is 10.6 Å². The Bertz CT molecular complexity index is 947. The Hall–Kier alpha value is -2.81. The molecular weight excluding hydrogens is 448 g/mol. The highest BCUT2D eigenvalue weighted by atomic mass is 127. The Morgan fingerprint density at radius 1 is 0.885 bits per heavy atom. The molecule has 0 spiro atoms. The monoisotopic (exact) mass is 461 g/mol. The molecule has 0 aliphatic carbocycles. The number of pyridine rings is 1. The molecule has 1 aromatic heterocycles. The molecule has 0 saturated heterocycles. The summed E-state index contributed by atoms with van der Waals surface area (Å²) in [7, 11) is 0. The van der Waals surface area contributed by atoms with Crippen LogP contribution in [0.2, 0.25) is 0 Å². The van der Waals surface area contributed by atoms with E-state index in [2.05, 4.69) is 38.2 Å². The highest BCUT2D eigenvalue weighted by Crippen LogP contribution is 2.24. The molecule has 0 aliphatic rings. The number of aromatic nitrogens is 1. The van der Waals surface area contributed by atoms with E-state index in [1.807, 2.05) is 0 Å². The Kier molecular flexibility index (Phi) is 5.57. The van der Waals surface area contributed by atoms with Crippen molar-refractivity contribution in [2.24, 2.45) is 0 Å². The van der Waals surface area contributed by atoms with E-state index in [0.29, 0.717) is 5.56 Å². The van der Waals surface area contributed by atoms with Gasteiger partial charge in [-0.05, 0) is 77.2 Å². The molecule has 0 atom stereocenters. The molecule has 2 aromatic carbocycles. The fourth-order valence-electron chi connectivity index (χ4n) is 2.21. The van der Waals surface area contributed by atoms with Gasteiger partial charge in [-0.3, -0.25) is 14.6 Å². The number of nitrogens with one attached hydrogen (secondary N) is 2. The van der Waals surface area contributed by atoms with Crippen LogP contribution in [0.25, 0.3) is 0 Å². The molecule has 2 N–H and O–H groups in total. The lowest BCUT2D eigenvalue weighted by molar-refractivity contribution is 0.101. The van der Waals surface area contributed by atoms with E-state index in [0.717, 1.165) is 9.64 Å². The number of benzene rings is 2. The van der Waals surface area contributed by atoms with Gasteiger partial charge in [0.2, 0.25) is 0 Å². The molecule has 0 aliphatic heterocycles. The van der Waals surface area contributed by atoms with Gasteiger partial charge in [0, 0.05) is 15.3 Å². The molecule has 0 unspecified atom stereocenters. The van der Waals surface area contributed by atoms with E-state index in [1.54, 1.807) is 42.5 Å². The summed E-state index contributed by atoms with van der Waals surface area (Å²) in [5, 5.41) is 5.26. The van der Waals surface area contributed by atoms with Crippen molar-refractivity contribution in [1.29, 1.82) is 0 Å². The molecule has 3 aromatic rings. The van der Waals surface area contributed by atoms with Crippen molar-refractivity contribution in [2.75, 3.05) is 10.6 Å². The number of halogens is 2. The van der Waals surface area contributed by atoms with Gasteiger partial charge in [0.15, 0.2) is 0 Å². The predicted molar refractivity (Wildman–Crippen MR) is 106 cm³/mol. The van der Waals surface area contributed by atoms with Crippen LogP contribution in [0.4, 0.5) is 15.8 Å². The zero-order chi connectivity index (χ0) is 18.5. The first-order chi connectivity index (χ1) is 12.5. The summed E-state index contributed by atoms with van der Waals surface area (Å²) in [6.07, 6.45) is 1.50. The Labute approximate surface area is 162 Å². The molecule has 0 fully saturated rings. The van der Waals surface area contributed by atoms with Crippen LogP contribution >= 0.6 is 22.6 Å². The standard InChI is InChI=1S/C19H13FIN3O2/c20-13-6-9-15(23-19(26)16-3-1-2-10-22-16)17(11-13)24-18(25)12-4-7-14(21)8-5-12/h1-11H,(H,23,26)(H,24,25). The van der Waals surface area contributed by atoms with E-state index in [1.165, 1.54) is 18.3 Å². The lowest BCUT2D eigenvalue weighted by Crippen LogP contribution is -2.17. The lowest BCUT2D eigenvalue weighted by Gasteiger charge is -2.12. The third kappa shape index (κ3) is 4.42. The van der Waals surface area contributed by atoms with Crippen molar-refractivity contribution in [3.05, 3.63) is 87.5 Å². The summed E-state index contributed by atoms with van der Waals surface area (Å²) in [6, 6.07) is 15.6. The number of carbonyl (C=O) groups excluding carboxylic acids is 2. The second-order valence-corrected chi connectivity index (χ2v) is 6.57. The maximum Gasteiger partial charge on any atom is 0.274 e. The van der Waals surface area contributed by atoms with Crippen LogP contribution in [0.1, 0.15) is 20.8 Å². The van der Waals surface area contributed by atoms with Gasteiger partial charge in [0.25, 0.3) is 11.8 Å². The summed E-state index contributed by atoms with van der Waals surface area (Å²) in [5.41, 5.74) is 1.09. The number of anilines is 2. The average molecular weight is 461 g/mol. The first-order valence-corrected chi connectivity index (χ1v) is 8.69. The van der Waals surface area contributed by atoms with Gasteiger partial charge in [-0.15, -0.1) is 0 Å². The van der Waals surface area contributed by atoms with Crippen molar-refractivity contribution in [3.63, 3.8) is 0 Å². The van der Waals surface area contributed by atoms with Crippen LogP contribution in [0.3, 0.4) is 0 Å². The zero-order valence-electron chi connectivity index (χ0n) is 13.4. The first-order valence-electron chi connectivity index (χ1n) is 7.62. The van der Waals surface area contributed by atoms with Gasteiger partial charge in [-0.2, -0.15) is 0 Å². The zero-order valence-corrected chi connectivity index (χ0v) is 15.5. The summed E-state index contributed by atoms with van der Waals surface area (Å²) in [6.45, 7) is 0. The second-order valence-electron chi connectivity index (χ2n) is 5.32. The van der Waals surface area contributed by atoms with Crippen molar-refractivity contribution in [3.8, 4) is 0 Å². The maximum absolute atomic E-state index is 13.6. The van der Waals surface area contributed by atoms with Gasteiger partial charge in [-0.25, -0.2) is 4.39 Å². The Balaban J connectivity index is 1.83. The third-order valence-electron chi connectivity index (χ3n) is 3.48.